The van der Waals surface area contributed by atoms with Crippen LogP contribution in [0.3, 0.4) is 0 Å². The summed E-state index contributed by atoms with van der Waals surface area (Å²) in [5, 5.41) is 2.75. The minimum Gasteiger partial charge on any atom is -0.455 e. The van der Waals surface area contributed by atoms with Crippen LogP contribution in [0, 0.1) is 13.8 Å². The predicted molar refractivity (Wildman–Crippen MR) is 84.9 cm³/mol. The number of aryl methyl sites for hydroxylation is 2. The number of carbonyl (C=O) groups excluding carboxylic acids is 1. The van der Waals surface area contributed by atoms with Crippen molar-refractivity contribution in [2.45, 2.75) is 20.8 Å². The van der Waals surface area contributed by atoms with Gasteiger partial charge in [0, 0.05) is 12.1 Å². The van der Waals surface area contributed by atoms with Crippen molar-refractivity contribution in [3.05, 3.63) is 53.1 Å². The summed E-state index contributed by atoms with van der Waals surface area (Å²) in [7, 11) is 0. The second-order valence-electron chi connectivity index (χ2n) is 4.96. The van der Waals surface area contributed by atoms with E-state index in [0.717, 1.165) is 5.56 Å². The van der Waals surface area contributed by atoms with E-state index in [-0.39, 0.29) is 5.91 Å². The van der Waals surface area contributed by atoms with Crippen LogP contribution in [0.25, 0.3) is 0 Å². The normalized spacial score (nSPS) is 10.2. The van der Waals surface area contributed by atoms with Gasteiger partial charge in [-0.05, 0) is 62.2 Å². The van der Waals surface area contributed by atoms with E-state index in [9.17, 15) is 4.79 Å². The molecule has 0 heterocycles. The number of rotatable bonds is 4. The van der Waals surface area contributed by atoms with Gasteiger partial charge in [-0.15, -0.1) is 0 Å². The highest BCUT2D eigenvalue weighted by Crippen LogP contribution is 2.29. The first-order valence-electron chi connectivity index (χ1n) is 6.94. The molecular formula is C17H20N2O2. The molecule has 0 aliphatic heterocycles. The van der Waals surface area contributed by atoms with Crippen molar-refractivity contribution in [3.8, 4) is 11.5 Å². The largest absolute Gasteiger partial charge is 0.455 e. The average Bonchev–Trinajstić information content (AvgIpc) is 2.45. The molecule has 0 saturated heterocycles. The van der Waals surface area contributed by atoms with Crippen LogP contribution in [-0.2, 0) is 0 Å². The number of anilines is 1. The summed E-state index contributed by atoms with van der Waals surface area (Å²) in [6.07, 6.45) is 0. The zero-order chi connectivity index (χ0) is 15.4. The number of carbonyl (C=O) groups is 1. The minimum absolute atomic E-state index is 0.137. The van der Waals surface area contributed by atoms with Gasteiger partial charge in [0.2, 0.25) is 0 Å². The van der Waals surface area contributed by atoms with Crippen molar-refractivity contribution in [3.63, 3.8) is 0 Å². The third-order valence-corrected chi connectivity index (χ3v) is 3.32. The number of nitrogen functional groups attached to an aromatic ring is 1. The van der Waals surface area contributed by atoms with Crippen LogP contribution in [0.2, 0.25) is 0 Å². The Morgan fingerprint density at radius 2 is 1.90 bits per heavy atom. The summed E-state index contributed by atoms with van der Waals surface area (Å²) >= 11 is 0. The van der Waals surface area contributed by atoms with Gasteiger partial charge in [0.1, 0.15) is 5.75 Å². The highest BCUT2D eigenvalue weighted by molar-refractivity contribution is 5.95. The number of benzene rings is 2. The van der Waals surface area contributed by atoms with Crippen molar-refractivity contribution in [2.75, 3.05) is 12.3 Å². The molecule has 0 bridgehead atoms. The van der Waals surface area contributed by atoms with Crippen molar-refractivity contribution < 1.29 is 9.53 Å². The maximum Gasteiger partial charge on any atom is 0.251 e. The molecule has 21 heavy (non-hydrogen) atoms. The van der Waals surface area contributed by atoms with Gasteiger partial charge in [-0.25, -0.2) is 0 Å². The van der Waals surface area contributed by atoms with Gasteiger partial charge in [-0.1, -0.05) is 6.07 Å². The number of hydrogen-bond acceptors (Lipinski definition) is 3. The van der Waals surface area contributed by atoms with E-state index in [0.29, 0.717) is 29.3 Å². The van der Waals surface area contributed by atoms with Crippen LogP contribution in [0.1, 0.15) is 28.4 Å². The Kier molecular flexibility index (Phi) is 4.48. The summed E-state index contributed by atoms with van der Waals surface area (Å²) < 4.78 is 5.81. The van der Waals surface area contributed by atoms with E-state index in [1.807, 2.05) is 39.0 Å². The highest BCUT2D eigenvalue weighted by atomic mass is 16.5. The lowest BCUT2D eigenvalue weighted by atomic mass is 10.1. The monoisotopic (exact) mass is 284 g/mol. The molecule has 2 rings (SSSR count). The van der Waals surface area contributed by atoms with Gasteiger partial charge in [-0.2, -0.15) is 0 Å². The lowest BCUT2D eigenvalue weighted by Gasteiger charge is -2.11. The molecule has 4 nitrogen and oxygen atoms in total. The molecular weight excluding hydrogens is 264 g/mol. The molecule has 0 unspecified atom stereocenters. The maximum absolute atomic E-state index is 11.9. The third-order valence-electron chi connectivity index (χ3n) is 3.32. The first-order chi connectivity index (χ1) is 10.0. The summed E-state index contributed by atoms with van der Waals surface area (Å²) in [4.78, 5) is 11.9. The van der Waals surface area contributed by atoms with Gasteiger partial charge in [0.05, 0.1) is 5.69 Å². The topological polar surface area (TPSA) is 64.4 Å². The predicted octanol–water partition coefficient (Wildman–Crippen LogP) is 3.43. The molecule has 2 aromatic carbocycles. The molecule has 3 N–H and O–H groups in total. The van der Waals surface area contributed by atoms with Crippen molar-refractivity contribution in [2.24, 2.45) is 0 Å². The summed E-state index contributed by atoms with van der Waals surface area (Å²) in [6.45, 7) is 6.53. The number of ether oxygens (including phenoxy) is 1. The SMILES string of the molecule is CCNC(=O)c1ccc(N)c(Oc2ccc(C)c(C)c2)c1. The molecule has 0 aliphatic rings. The second-order valence-corrected chi connectivity index (χ2v) is 4.96. The van der Waals surface area contributed by atoms with E-state index < -0.39 is 0 Å². The quantitative estimate of drug-likeness (QED) is 0.845. The highest BCUT2D eigenvalue weighted by Gasteiger charge is 2.09. The minimum atomic E-state index is -0.137. The number of amides is 1. The van der Waals surface area contributed by atoms with Gasteiger partial charge in [0.15, 0.2) is 5.75 Å². The van der Waals surface area contributed by atoms with Crippen molar-refractivity contribution >= 4 is 11.6 Å². The number of nitrogens with two attached hydrogens (primary N) is 1. The van der Waals surface area contributed by atoms with E-state index >= 15 is 0 Å². The van der Waals surface area contributed by atoms with E-state index in [1.165, 1.54) is 5.56 Å². The lowest BCUT2D eigenvalue weighted by Crippen LogP contribution is -2.22. The Hall–Kier alpha value is -2.49. The van der Waals surface area contributed by atoms with Crippen molar-refractivity contribution in [1.82, 2.24) is 5.32 Å². The van der Waals surface area contributed by atoms with Gasteiger partial charge < -0.3 is 15.8 Å². The molecule has 0 aliphatic carbocycles. The molecule has 0 saturated carbocycles. The van der Waals surface area contributed by atoms with Gasteiger partial charge >= 0.3 is 0 Å². The fourth-order valence-corrected chi connectivity index (χ4v) is 1.93. The summed E-state index contributed by atoms with van der Waals surface area (Å²) in [6, 6.07) is 10.9. The molecule has 0 fully saturated rings. The number of nitrogens with one attached hydrogen (secondary N) is 1. The van der Waals surface area contributed by atoms with Gasteiger partial charge in [0.25, 0.3) is 5.91 Å². The van der Waals surface area contributed by atoms with Crippen LogP contribution >= 0.6 is 0 Å². The molecule has 0 spiro atoms. The van der Waals surface area contributed by atoms with Gasteiger partial charge in [-0.3, -0.25) is 4.79 Å². The molecule has 0 aromatic heterocycles. The van der Waals surface area contributed by atoms with Crippen molar-refractivity contribution in [1.29, 1.82) is 0 Å². The Bertz CT molecular complexity index is 666. The van der Waals surface area contributed by atoms with Crippen LogP contribution in [0.5, 0.6) is 11.5 Å². The summed E-state index contributed by atoms with van der Waals surface area (Å²) in [5.74, 6) is 1.06. The standard InChI is InChI=1S/C17H20N2O2/c1-4-19-17(20)13-6-8-15(18)16(10-13)21-14-7-5-11(2)12(3)9-14/h5-10H,4,18H2,1-3H3,(H,19,20). The third kappa shape index (κ3) is 3.54. The Morgan fingerprint density at radius 1 is 1.14 bits per heavy atom. The smallest absolute Gasteiger partial charge is 0.251 e. The Morgan fingerprint density at radius 3 is 2.57 bits per heavy atom. The number of hydrogen-bond donors (Lipinski definition) is 2. The van der Waals surface area contributed by atoms with E-state index in [1.54, 1.807) is 18.2 Å². The van der Waals surface area contributed by atoms with Crippen LogP contribution in [-0.4, -0.2) is 12.5 Å². The Labute approximate surface area is 124 Å². The molecule has 2 aromatic rings. The van der Waals surface area contributed by atoms with Crippen LogP contribution in [0.4, 0.5) is 5.69 Å². The lowest BCUT2D eigenvalue weighted by molar-refractivity contribution is 0.0955. The van der Waals surface area contributed by atoms with E-state index in [4.69, 9.17) is 10.5 Å². The van der Waals surface area contributed by atoms with Crippen LogP contribution < -0.4 is 15.8 Å². The zero-order valence-electron chi connectivity index (χ0n) is 12.6. The molecule has 0 atom stereocenters. The first-order valence-corrected chi connectivity index (χ1v) is 6.94. The Balaban J connectivity index is 2.28. The second kappa shape index (κ2) is 6.31. The molecule has 4 heteroatoms. The first kappa shape index (κ1) is 14.9. The zero-order valence-corrected chi connectivity index (χ0v) is 12.6. The molecule has 110 valence electrons. The van der Waals surface area contributed by atoms with E-state index in [2.05, 4.69) is 5.32 Å². The molecule has 1 amide bonds. The molecule has 0 radical (unpaired) electrons. The average molecular weight is 284 g/mol. The van der Waals surface area contributed by atoms with Crippen LogP contribution in [0.15, 0.2) is 36.4 Å². The summed E-state index contributed by atoms with van der Waals surface area (Å²) in [5.41, 5.74) is 9.30. The fourth-order valence-electron chi connectivity index (χ4n) is 1.93. The fraction of sp³-hybridized carbons (Fsp3) is 0.235. The maximum atomic E-state index is 11.9.